The number of benzene rings is 2. The molecule has 2 aliphatic rings. The molecule has 1 N–H and O–H groups in total. The van der Waals surface area contributed by atoms with Crippen LogP contribution < -0.4 is 10.2 Å². The first-order chi connectivity index (χ1) is 11.8. The van der Waals surface area contributed by atoms with Crippen molar-refractivity contribution in [2.45, 2.75) is 46.4 Å². The molecule has 0 aliphatic carbocycles. The number of fused-ring (bicyclic) bond motifs is 2. The number of para-hydroxylation sites is 1. The summed E-state index contributed by atoms with van der Waals surface area (Å²) >= 11 is 3.72. The summed E-state index contributed by atoms with van der Waals surface area (Å²) in [6, 6.07) is 16.4. The average Bonchev–Trinajstić information content (AvgIpc) is 2.65. The maximum Gasteiger partial charge on any atom is 0.0564 e. The van der Waals surface area contributed by atoms with E-state index in [1.54, 1.807) is 0 Å². The summed E-state index contributed by atoms with van der Waals surface area (Å²) in [5, 5.41) is 3.69. The van der Waals surface area contributed by atoms with Gasteiger partial charge in [-0.1, -0.05) is 30.3 Å². The van der Waals surface area contributed by atoms with Crippen molar-refractivity contribution in [3.8, 4) is 0 Å². The van der Waals surface area contributed by atoms with Crippen molar-refractivity contribution in [1.29, 1.82) is 0 Å². The highest BCUT2D eigenvalue weighted by atomic mass is 35.5. The van der Waals surface area contributed by atoms with Gasteiger partial charge in [-0.25, -0.2) is 0 Å². The average molecular weight is 429 g/mol. The number of rotatable bonds is 4. The van der Waals surface area contributed by atoms with Gasteiger partial charge in [-0.05, 0) is 62.4 Å². The Morgan fingerprint density at radius 3 is 2.65 bits per heavy atom. The Morgan fingerprint density at radius 1 is 1.08 bits per heavy atom. The van der Waals surface area contributed by atoms with Gasteiger partial charge >= 0.3 is 0 Å². The molecule has 0 unspecified atom stereocenters. The molecule has 26 heavy (non-hydrogen) atoms. The van der Waals surface area contributed by atoms with E-state index in [0.29, 0.717) is 6.04 Å². The highest BCUT2D eigenvalue weighted by Gasteiger charge is 2.24. The van der Waals surface area contributed by atoms with Gasteiger partial charge in [0.1, 0.15) is 0 Å². The Balaban J connectivity index is 0.00000121. The molecule has 2 aromatic rings. The number of nitrogens with zero attached hydrogens (tertiary/aromatic N) is 1. The summed E-state index contributed by atoms with van der Waals surface area (Å²) in [5.74, 6) is 0. The van der Waals surface area contributed by atoms with Crippen LogP contribution in [0.25, 0.3) is 0 Å². The Hall–Kier alpha value is -0.520. The number of nitrogens with one attached hydrogen (secondary N) is 1. The summed E-state index contributed by atoms with van der Waals surface area (Å²) in [5.41, 5.74) is 2.74. The standard InChI is InChI=1S/C20H24N2S2.2ClH/c1-23-16-9-10-20-18(14-16)22(13-11-15-6-4-5-12-21-15)17-7-2-3-8-19(17)24-20;;/h2-3,7-10,14-15,21H,4-6,11-13H2,1H3;2*1H/t15-;;/m0../s1. The van der Waals surface area contributed by atoms with Crippen molar-refractivity contribution in [3.63, 3.8) is 0 Å². The first-order valence-electron chi connectivity index (χ1n) is 8.81. The Kier molecular flexibility index (Phi) is 8.49. The van der Waals surface area contributed by atoms with Gasteiger partial charge in [0.15, 0.2) is 0 Å². The smallest absolute Gasteiger partial charge is 0.0564 e. The van der Waals surface area contributed by atoms with E-state index in [9.17, 15) is 0 Å². The van der Waals surface area contributed by atoms with Crippen LogP contribution in [-0.2, 0) is 0 Å². The van der Waals surface area contributed by atoms with Gasteiger partial charge in [0.2, 0.25) is 0 Å². The van der Waals surface area contributed by atoms with Gasteiger partial charge in [-0.2, -0.15) is 0 Å². The molecule has 1 saturated heterocycles. The van der Waals surface area contributed by atoms with E-state index in [2.05, 4.69) is 58.9 Å². The third-order valence-corrected chi connectivity index (χ3v) is 6.80. The van der Waals surface area contributed by atoms with Crippen LogP contribution in [0.4, 0.5) is 11.4 Å². The van der Waals surface area contributed by atoms with Crippen LogP contribution in [0.1, 0.15) is 25.7 Å². The Bertz CT molecular complexity index is 721. The van der Waals surface area contributed by atoms with Crippen LogP contribution >= 0.6 is 48.3 Å². The molecule has 0 spiro atoms. The monoisotopic (exact) mass is 428 g/mol. The van der Waals surface area contributed by atoms with Gasteiger partial charge in [0.05, 0.1) is 11.4 Å². The van der Waals surface area contributed by atoms with Crippen molar-refractivity contribution in [2.75, 3.05) is 24.2 Å². The molecule has 4 rings (SSSR count). The molecule has 0 saturated carbocycles. The molecule has 2 aromatic carbocycles. The zero-order chi connectivity index (χ0) is 16.4. The molecular weight excluding hydrogens is 403 g/mol. The minimum absolute atomic E-state index is 0. The summed E-state index contributed by atoms with van der Waals surface area (Å²) in [6.07, 6.45) is 7.39. The molecule has 1 fully saturated rings. The number of anilines is 2. The third-order valence-electron chi connectivity index (χ3n) is 4.95. The number of piperidine rings is 1. The molecule has 0 bridgehead atoms. The van der Waals surface area contributed by atoms with E-state index in [0.717, 1.165) is 6.54 Å². The zero-order valence-electron chi connectivity index (χ0n) is 14.9. The van der Waals surface area contributed by atoms with Crippen molar-refractivity contribution in [2.24, 2.45) is 0 Å². The van der Waals surface area contributed by atoms with Gasteiger partial charge in [0, 0.05) is 27.3 Å². The Labute approximate surface area is 177 Å². The molecule has 2 nitrogen and oxygen atoms in total. The van der Waals surface area contributed by atoms with E-state index >= 15 is 0 Å². The fourth-order valence-corrected chi connectivity index (χ4v) is 5.14. The number of hydrogen-bond acceptors (Lipinski definition) is 4. The number of thioether (sulfide) groups is 1. The van der Waals surface area contributed by atoms with Crippen LogP contribution in [0, 0.1) is 0 Å². The molecule has 142 valence electrons. The Morgan fingerprint density at radius 2 is 1.88 bits per heavy atom. The summed E-state index contributed by atoms with van der Waals surface area (Å²) in [7, 11) is 0. The van der Waals surface area contributed by atoms with E-state index in [1.165, 1.54) is 58.3 Å². The first-order valence-corrected chi connectivity index (χ1v) is 10.8. The van der Waals surface area contributed by atoms with E-state index in [1.807, 2.05) is 23.5 Å². The largest absolute Gasteiger partial charge is 0.340 e. The molecule has 0 radical (unpaired) electrons. The van der Waals surface area contributed by atoms with Crippen LogP contribution in [0.3, 0.4) is 0 Å². The third kappa shape index (κ3) is 4.66. The van der Waals surface area contributed by atoms with Crippen molar-refractivity contribution in [3.05, 3.63) is 42.5 Å². The topological polar surface area (TPSA) is 15.3 Å². The number of halogens is 2. The SMILES string of the molecule is CSc1ccc2c(c1)N(CC[C@@H]1CCCCN1)c1ccccc1S2.Cl.Cl. The highest BCUT2D eigenvalue weighted by molar-refractivity contribution is 8.00. The quantitative estimate of drug-likeness (QED) is 0.567. The number of hydrogen-bond donors (Lipinski definition) is 1. The first kappa shape index (κ1) is 21.8. The van der Waals surface area contributed by atoms with Gasteiger partial charge in [-0.15, -0.1) is 36.6 Å². The fraction of sp³-hybridized carbons (Fsp3) is 0.400. The molecule has 2 heterocycles. The molecule has 6 heteroatoms. The minimum Gasteiger partial charge on any atom is -0.340 e. The van der Waals surface area contributed by atoms with Crippen molar-refractivity contribution >= 4 is 59.7 Å². The molecule has 0 aromatic heterocycles. The fourth-order valence-electron chi connectivity index (χ4n) is 3.63. The molecule has 0 amide bonds. The molecular formula is C20H26Cl2N2S2. The molecule has 1 atom stereocenters. The van der Waals surface area contributed by atoms with Crippen LogP contribution in [0.2, 0.25) is 0 Å². The second-order valence-corrected chi connectivity index (χ2v) is 8.45. The normalized spacial score (nSPS) is 18.2. The predicted octanol–water partition coefficient (Wildman–Crippen LogP) is 6.39. The highest BCUT2D eigenvalue weighted by Crippen LogP contribution is 2.48. The lowest BCUT2D eigenvalue weighted by Crippen LogP contribution is -2.37. The summed E-state index contributed by atoms with van der Waals surface area (Å²) in [4.78, 5) is 6.63. The lowest BCUT2D eigenvalue weighted by molar-refractivity contribution is 0.385. The van der Waals surface area contributed by atoms with Gasteiger partial charge in [0.25, 0.3) is 0 Å². The summed E-state index contributed by atoms with van der Waals surface area (Å²) in [6.45, 7) is 2.27. The van der Waals surface area contributed by atoms with Gasteiger partial charge < -0.3 is 10.2 Å². The zero-order valence-corrected chi connectivity index (χ0v) is 18.2. The van der Waals surface area contributed by atoms with Crippen molar-refractivity contribution in [1.82, 2.24) is 5.32 Å². The molecule has 2 aliphatic heterocycles. The van der Waals surface area contributed by atoms with Crippen LogP contribution in [0.5, 0.6) is 0 Å². The van der Waals surface area contributed by atoms with E-state index in [4.69, 9.17) is 0 Å². The van der Waals surface area contributed by atoms with Gasteiger partial charge in [-0.3, -0.25) is 0 Å². The van der Waals surface area contributed by atoms with Crippen molar-refractivity contribution < 1.29 is 0 Å². The van der Waals surface area contributed by atoms with E-state index in [-0.39, 0.29) is 24.8 Å². The van der Waals surface area contributed by atoms with E-state index < -0.39 is 0 Å². The maximum atomic E-state index is 3.69. The second kappa shape index (κ2) is 10.1. The summed E-state index contributed by atoms with van der Waals surface area (Å²) < 4.78 is 0. The maximum absolute atomic E-state index is 3.69. The predicted molar refractivity (Wildman–Crippen MR) is 121 cm³/mol. The second-order valence-electron chi connectivity index (χ2n) is 6.49. The lowest BCUT2D eigenvalue weighted by Gasteiger charge is -2.34. The minimum atomic E-state index is 0. The lowest BCUT2D eigenvalue weighted by atomic mass is 10.0. The van der Waals surface area contributed by atoms with Crippen LogP contribution in [0.15, 0.2) is 57.2 Å². The van der Waals surface area contributed by atoms with Crippen LogP contribution in [-0.4, -0.2) is 25.4 Å².